The Balaban J connectivity index is 2.13. The minimum Gasteiger partial charge on any atom is -0.312 e. The van der Waals surface area contributed by atoms with Gasteiger partial charge >= 0.3 is 0 Å². The van der Waals surface area contributed by atoms with Crippen LogP contribution in [0.1, 0.15) is 23.9 Å². The fourth-order valence-corrected chi connectivity index (χ4v) is 2.61. The summed E-state index contributed by atoms with van der Waals surface area (Å²) in [5, 5.41) is 8.79. The van der Waals surface area contributed by atoms with E-state index in [1.165, 1.54) is 4.88 Å². The molecule has 1 N–H and O–H groups in total. The van der Waals surface area contributed by atoms with Gasteiger partial charge < -0.3 is 5.32 Å². The molecule has 4 nitrogen and oxygen atoms in total. The van der Waals surface area contributed by atoms with Gasteiger partial charge in [-0.15, -0.1) is 11.3 Å². The molecule has 0 unspecified atom stereocenters. The van der Waals surface area contributed by atoms with Crippen LogP contribution in [-0.4, -0.2) is 21.3 Å². The predicted octanol–water partition coefficient (Wildman–Crippen LogP) is 2.35. The zero-order valence-corrected chi connectivity index (χ0v) is 11.3. The second-order valence-electron chi connectivity index (χ2n) is 4.08. The smallest absolute Gasteiger partial charge is 0.144 e. The normalized spacial score (nSPS) is 11.0. The number of hydrogen-bond acceptors (Lipinski definition) is 4. The van der Waals surface area contributed by atoms with Crippen molar-refractivity contribution in [1.29, 1.82) is 0 Å². The number of nitrogens with one attached hydrogen (secondary N) is 1. The molecule has 0 saturated heterocycles. The molecule has 0 bridgehead atoms. The van der Waals surface area contributed by atoms with Crippen LogP contribution in [-0.2, 0) is 13.6 Å². The minimum absolute atomic E-state index is 0.907. The monoisotopic (exact) mass is 250 g/mol. The molecule has 2 aromatic heterocycles. The van der Waals surface area contributed by atoms with Gasteiger partial charge in [0.2, 0.25) is 0 Å². The summed E-state index contributed by atoms with van der Waals surface area (Å²) in [7, 11) is 1.92. The van der Waals surface area contributed by atoms with Crippen LogP contribution in [0.2, 0.25) is 0 Å². The lowest BCUT2D eigenvalue weighted by molar-refractivity contribution is 0.678. The fraction of sp³-hybridized carbons (Fsp3) is 0.500. The van der Waals surface area contributed by atoms with Gasteiger partial charge in [0.05, 0.1) is 5.69 Å². The summed E-state index contributed by atoms with van der Waals surface area (Å²) in [6.07, 6.45) is 3.10. The van der Waals surface area contributed by atoms with Crippen molar-refractivity contribution >= 4 is 11.3 Å². The highest BCUT2D eigenvalue weighted by molar-refractivity contribution is 7.15. The van der Waals surface area contributed by atoms with Crippen LogP contribution in [0.5, 0.6) is 0 Å². The van der Waals surface area contributed by atoms with Crippen LogP contribution >= 0.6 is 11.3 Å². The van der Waals surface area contributed by atoms with E-state index >= 15 is 0 Å². The molecule has 0 atom stereocenters. The number of thiazole rings is 1. The van der Waals surface area contributed by atoms with Crippen LogP contribution in [0.25, 0.3) is 10.7 Å². The first-order valence-corrected chi connectivity index (χ1v) is 6.69. The summed E-state index contributed by atoms with van der Waals surface area (Å²) in [6.45, 7) is 6.19. The number of hydrogen-bond donors (Lipinski definition) is 1. The van der Waals surface area contributed by atoms with E-state index in [9.17, 15) is 0 Å². The molecule has 0 fully saturated rings. The molecule has 2 heterocycles. The van der Waals surface area contributed by atoms with Gasteiger partial charge in [-0.05, 0) is 26.0 Å². The third-order valence-electron chi connectivity index (χ3n) is 2.54. The predicted molar refractivity (Wildman–Crippen MR) is 71.1 cm³/mol. The van der Waals surface area contributed by atoms with Crippen molar-refractivity contribution in [3.63, 3.8) is 0 Å². The zero-order valence-electron chi connectivity index (χ0n) is 10.5. The van der Waals surface area contributed by atoms with Crippen LogP contribution in [0.3, 0.4) is 0 Å². The molecule has 0 aliphatic heterocycles. The second-order valence-corrected chi connectivity index (χ2v) is 5.16. The van der Waals surface area contributed by atoms with Gasteiger partial charge in [-0.25, -0.2) is 4.98 Å². The van der Waals surface area contributed by atoms with E-state index < -0.39 is 0 Å². The van der Waals surface area contributed by atoms with E-state index in [0.29, 0.717) is 0 Å². The lowest BCUT2D eigenvalue weighted by atomic mass is 10.3. The summed E-state index contributed by atoms with van der Waals surface area (Å²) in [5.41, 5.74) is 2.07. The van der Waals surface area contributed by atoms with Crippen molar-refractivity contribution in [1.82, 2.24) is 20.1 Å². The Kier molecular flexibility index (Phi) is 3.91. The molecule has 92 valence electrons. The third kappa shape index (κ3) is 2.92. The molecule has 0 aromatic carbocycles. The highest BCUT2D eigenvalue weighted by Gasteiger charge is 2.10. The Morgan fingerprint density at radius 1 is 1.47 bits per heavy atom. The fourth-order valence-electron chi connectivity index (χ4n) is 1.61. The van der Waals surface area contributed by atoms with Gasteiger partial charge in [0, 0.05) is 24.7 Å². The minimum atomic E-state index is 0.907. The molecule has 0 amide bonds. The lowest BCUT2D eigenvalue weighted by Gasteiger charge is -1.99. The van der Waals surface area contributed by atoms with Crippen molar-refractivity contribution in [2.45, 2.75) is 26.8 Å². The third-order valence-corrected chi connectivity index (χ3v) is 3.72. The molecule has 2 aromatic rings. The maximum Gasteiger partial charge on any atom is 0.144 e. The number of aromatic nitrogens is 3. The maximum atomic E-state index is 4.58. The van der Waals surface area contributed by atoms with E-state index in [2.05, 4.69) is 29.2 Å². The Labute approximate surface area is 106 Å². The van der Waals surface area contributed by atoms with E-state index in [0.717, 1.165) is 35.9 Å². The van der Waals surface area contributed by atoms with Gasteiger partial charge in [0.1, 0.15) is 10.7 Å². The van der Waals surface area contributed by atoms with E-state index in [1.54, 1.807) is 16.0 Å². The molecule has 0 radical (unpaired) electrons. The SMILES string of the molecule is CCCNCc1sc(-c2ccn(C)n2)nc1C. The highest BCUT2D eigenvalue weighted by atomic mass is 32.1. The summed E-state index contributed by atoms with van der Waals surface area (Å²) >= 11 is 1.73. The van der Waals surface area contributed by atoms with Crippen LogP contribution in [0.15, 0.2) is 12.3 Å². The van der Waals surface area contributed by atoms with Crippen molar-refractivity contribution in [2.75, 3.05) is 6.54 Å². The van der Waals surface area contributed by atoms with Gasteiger partial charge in [0.25, 0.3) is 0 Å². The molecular formula is C12H18N4S. The van der Waals surface area contributed by atoms with Crippen molar-refractivity contribution in [2.24, 2.45) is 7.05 Å². The first-order chi connectivity index (χ1) is 8.20. The van der Waals surface area contributed by atoms with Gasteiger partial charge in [-0.3, -0.25) is 4.68 Å². The van der Waals surface area contributed by atoms with Crippen LogP contribution in [0.4, 0.5) is 0 Å². The Bertz CT molecular complexity index is 486. The summed E-state index contributed by atoms with van der Waals surface area (Å²) in [6, 6.07) is 2.00. The molecule has 0 spiro atoms. The molecule has 0 aliphatic carbocycles. The zero-order chi connectivity index (χ0) is 12.3. The molecule has 5 heteroatoms. The highest BCUT2D eigenvalue weighted by Crippen LogP contribution is 2.26. The summed E-state index contributed by atoms with van der Waals surface area (Å²) < 4.78 is 1.81. The maximum absolute atomic E-state index is 4.58. The quantitative estimate of drug-likeness (QED) is 0.828. The molecule has 0 aliphatic rings. The van der Waals surface area contributed by atoms with E-state index in [-0.39, 0.29) is 0 Å². The lowest BCUT2D eigenvalue weighted by Crippen LogP contribution is -2.13. The first kappa shape index (κ1) is 12.3. The van der Waals surface area contributed by atoms with Crippen molar-refractivity contribution in [3.05, 3.63) is 22.8 Å². The molecule has 17 heavy (non-hydrogen) atoms. The number of aryl methyl sites for hydroxylation is 2. The Morgan fingerprint density at radius 3 is 2.94 bits per heavy atom. The Hall–Kier alpha value is -1.20. The van der Waals surface area contributed by atoms with Crippen LogP contribution in [0, 0.1) is 6.92 Å². The topological polar surface area (TPSA) is 42.7 Å². The molecular weight excluding hydrogens is 232 g/mol. The number of nitrogens with zero attached hydrogens (tertiary/aromatic N) is 3. The first-order valence-electron chi connectivity index (χ1n) is 5.87. The average molecular weight is 250 g/mol. The summed E-state index contributed by atoms with van der Waals surface area (Å²) in [5.74, 6) is 0. The van der Waals surface area contributed by atoms with Crippen molar-refractivity contribution < 1.29 is 0 Å². The van der Waals surface area contributed by atoms with Crippen LogP contribution < -0.4 is 5.32 Å². The average Bonchev–Trinajstić information content (AvgIpc) is 2.86. The van der Waals surface area contributed by atoms with E-state index in [1.807, 2.05) is 19.3 Å². The van der Waals surface area contributed by atoms with Gasteiger partial charge in [-0.1, -0.05) is 6.92 Å². The van der Waals surface area contributed by atoms with Crippen molar-refractivity contribution in [3.8, 4) is 10.7 Å². The molecule has 2 rings (SSSR count). The molecule has 0 saturated carbocycles. The standard InChI is InChI=1S/C12H18N4S/c1-4-6-13-8-11-9(2)14-12(17-11)10-5-7-16(3)15-10/h5,7,13H,4,6,8H2,1-3H3. The Morgan fingerprint density at radius 2 is 2.29 bits per heavy atom. The van der Waals surface area contributed by atoms with E-state index in [4.69, 9.17) is 0 Å². The number of rotatable bonds is 5. The second kappa shape index (κ2) is 5.42. The summed E-state index contributed by atoms with van der Waals surface area (Å²) in [4.78, 5) is 5.88. The largest absolute Gasteiger partial charge is 0.312 e. The van der Waals surface area contributed by atoms with Gasteiger partial charge in [0.15, 0.2) is 0 Å². The van der Waals surface area contributed by atoms with Gasteiger partial charge in [-0.2, -0.15) is 5.10 Å².